The zero-order valence-electron chi connectivity index (χ0n) is 18.9. The fourth-order valence-corrected chi connectivity index (χ4v) is 4.93. The van der Waals surface area contributed by atoms with Gasteiger partial charge in [0.05, 0.1) is 23.2 Å². The first-order chi connectivity index (χ1) is 16.5. The van der Waals surface area contributed by atoms with Gasteiger partial charge in [-0.1, -0.05) is 78.2 Å². The van der Waals surface area contributed by atoms with Crippen LogP contribution in [-0.2, 0) is 11.4 Å². The molecular formula is C27H27Cl2NO4. The molecule has 5 nitrogen and oxygen atoms in total. The van der Waals surface area contributed by atoms with E-state index in [2.05, 4.69) is 0 Å². The summed E-state index contributed by atoms with van der Waals surface area (Å²) in [5.74, 6) is 0.345. The molecule has 0 spiro atoms. The van der Waals surface area contributed by atoms with Gasteiger partial charge in [-0.05, 0) is 54.3 Å². The monoisotopic (exact) mass is 499 g/mol. The number of hydrogen-bond donors (Lipinski definition) is 1. The Hall–Kier alpha value is -2.73. The van der Waals surface area contributed by atoms with Crippen molar-refractivity contribution in [3.8, 4) is 11.5 Å². The lowest BCUT2D eigenvalue weighted by Crippen LogP contribution is -2.46. The largest absolute Gasteiger partial charge is 0.493 e. The Bertz CT molecular complexity index is 1140. The minimum atomic E-state index is -0.836. The highest BCUT2D eigenvalue weighted by Gasteiger charge is 2.36. The van der Waals surface area contributed by atoms with Crippen LogP contribution in [0.25, 0.3) is 0 Å². The summed E-state index contributed by atoms with van der Waals surface area (Å²) in [5, 5.41) is 10.8. The van der Waals surface area contributed by atoms with Crippen LogP contribution in [0.3, 0.4) is 0 Å². The van der Waals surface area contributed by atoms with E-state index < -0.39 is 18.1 Å². The van der Waals surface area contributed by atoms with Gasteiger partial charge < -0.3 is 14.6 Å². The summed E-state index contributed by atoms with van der Waals surface area (Å²) in [4.78, 5) is 14.1. The first kappa shape index (κ1) is 24.4. The van der Waals surface area contributed by atoms with Crippen LogP contribution in [0.15, 0.2) is 66.7 Å². The Kier molecular flexibility index (Phi) is 7.99. The summed E-state index contributed by atoms with van der Waals surface area (Å²) in [6.07, 6.45) is 2.37. The minimum Gasteiger partial charge on any atom is -0.493 e. The van der Waals surface area contributed by atoms with Crippen LogP contribution < -0.4 is 9.47 Å². The number of likely N-dealkylation sites (tertiary alicyclic amines) is 1. The van der Waals surface area contributed by atoms with E-state index in [1.807, 2.05) is 65.6 Å². The van der Waals surface area contributed by atoms with E-state index in [0.29, 0.717) is 41.1 Å². The Morgan fingerprint density at radius 2 is 1.85 bits per heavy atom. The molecule has 2 atom stereocenters. The molecule has 34 heavy (non-hydrogen) atoms. The van der Waals surface area contributed by atoms with Crippen molar-refractivity contribution in [3.63, 3.8) is 0 Å². The molecular weight excluding hydrogens is 473 g/mol. The summed E-state index contributed by atoms with van der Waals surface area (Å²) >= 11 is 13.0. The van der Waals surface area contributed by atoms with Crippen LogP contribution >= 0.6 is 23.2 Å². The average molecular weight is 500 g/mol. The van der Waals surface area contributed by atoms with Crippen molar-refractivity contribution < 1.29 is 19.4 Å². The van der Waals surface area contributed by atoms with Gasteiger partial charge in [-0.2, -0.15) is 0 Å². The van der Waals surface area contributed by atoms with Gasteiger partial charge in [0.25, 0.3) is 0 Å². The Labute approximate surface area is 209 Å². The van der Waals surface area contributed by atoms with Crippen LogP contribution in [0.1, 0.15) is 42.0 Å². The molecule has 0 radical (unpaired) electrons. The topological polar surface area (TPSA) is 59.0 Å². The Morgan fingerprint density at radius 1 is 1.06 bits per heavy atom. The van der Waals surface area contributed by atoms with Crippen molar-refractivity contribution in [2.24, 2.45) is 0 Å². The molecule has 1 N–H and O–H groups in total. The quantitative estimate of drug-likeness (QED) is 0.377. The molecule has 3 aromatic rings. The van der Waals surface area contributed by atoms with Crippen LogP contribution in [0.4, 0.5) is 0 Å². The number of rotatable bonds is 8. The second-order valence-electron chi connectivity index (χ2n) is 8.32. The van der Waals surface area contributed by atoms with Crippen LogP contribution in [0, 0.1) is 0 Å². The lowest BCUT2D eigenvalue weighted by molar-refractivity contribution is -0.145. The Morgan fingerprint density at radius 3 is 2.59 bits per heavy atom. The number of aliphatic carboxylic acids is 1. The maximum Gasteiger partial charge on any atom is 0.320 e. The summed E-state index contributed by atoms with van der Waals surface area (Å²) in [6, 6.07) is 20.1. The molecule has 1 heterocycles. The number of halogens is 2. The van der Waals surface area contributed by atoms with Crippen molar-refractivity contribution in [1.82, 2.24) is 4.90 Å². The third-order valence-corrected chi connectivity index (χ3v) is 7.01. The van der Waals surface area contributed by atoms with E-state index in [1.165, 1.54) is 0 Å². The molecule has 0 saturated carbocycles. The van der Waals surface area contributed by atoms with Gasteiger partial charge in [0.15, 0.2) is 11.5 Å². The number of piperidine rings is 1. The highest BCUT2D eigenvalue weighted by Crippen LogP contribution is 2.42. The van der Waals surface area contributed by atoms with E-state index in [9.17, 15) is 9.90 Å². The first-order valence-corrected chi connectivity index (χ1v) is 12.0. The molecule has 7 heteroatoms. The predicted octanol–water partition coefficient (Wildman–Crippen LogP) is 6.61. The molecule has 1 saturated heterocycles. The number of carbonyl (C=O) groups is 1. The van der Waals surface area contributed by atoms with Crippen molar-refractivity contribution in [2.45, 2.75) is 38.0 Å². The molecule has 0 amide bonds. The number of nitrogens with zero attached hydrogens (tertiary/aromatic N) is 1. The molecule has 1 aliphatic rings. The smallest absolute Gasteiger partial charge is 0.320 e. The number of hydrogen-bond acceptors (Lipinski definition) is 4. The summed E-state index contributed by atoms with van der Waals surface area (Å²) in [6.45, 7) is 1.05. The van der Waals surface area contributed by atoms with E-state index in [0.717, 1.165) is 29.5 Å². The number of ether oxygens (including phenoxy) is 2. The third kappa shape index (κ3) is 5.33. The molecule has 3 aromatic carbocycles. The lowest BCUT2D eigenvalue weighted by atomic mass is 9.91. The summed E-state index contributed by atoms with van der Waals surface area (Å²) in [5.41, 5.74) is 2.68. The number of carboxylic acid groups (broad SMARTS) is 1. The molecule has 178 valence electrons. The number of carboxylic acids is 1. The van der Waals surface area contributed by atoms with Crippen molar-refractivity contribution in [1.29, 1.82) is 0 Å². The van der Waals surface area contributed by atoms with Crippen molar-refractivity contribution >= 4 is 29.2 Å². The van der Waals surface area contributed by atoms with Gasteiger partial charge in [0, 0.05) is 0 Å². The molecule has 0 aliphatic carbocycles. The van der Waals surface area contributed by atoms with E-state index in [4.69, 9.17) is 32.7 Å². The molecule has 4 rings (SSSR count). The summed E-state index contributed by atoms with van der Waals surface area (Å²) < 4.78 is 11.7. The van der Waals surface area contributed by atoms with E-state index >= 15 is 0 Å². The molecule has 1 aliphatic heterocycles. The van der Waals surface area contributed by atoms with Crippen molar-refractivity contribution in [3.05, 3.63) is 93.5 Å². The second-order valence-corrected chi connectivity index (χ2v) is 9.10. The first-order valence-electron chi connectivity index (χ1n) is 11.3. The van der Waals surface area contributed by atoms with Gasteiger partial charge in [0.2, 0.25) is 0 Å². The van der Waals surface area contributed by atoms with Crippen LogP contribution in [0.5, 0.6) is 11.5 Å². The standard InChI is InChI=1S/C27H27Cl2NO4/c1-33-24-16-19(13-14-23(24)34-17-18-8-3-2-4-9-18)26(20-10-7-11-21(28)25(20)29)30-15-6-5-12-22(30)27(31)32/h2-4,7-11,13-14,16,22,26H,5-6,12,15,17H2,1H3,(H,31,32). The second kappa shape index (κ2) is 11.1. The maximum atomic E-state index is 12.1. The molecule has 0 bridgehead atoms. The molecule has 2 unspecified atom stereocenters. The zero-order valence-corrected chi connectivity index (χ0v) is 20.4. The van der Waals surface area contributed by atoms with Gasteiger partial charge >= 0.3 is 5.97 Å². The van der Waals surface area contributed by atoms with Crippen LogP contribution in [0.2, 0.25) is 10.0 Å². The number of benzene rings is 3. The highest BCUT2D eigenvalue weighted by atomic mass is 35.5. The highest BCUT2D eigenvalue weighted by molar-refractivity contribution is 6.42. The third-order valence-electron chi connectivity index (χ3n) is 6.18. The lowest BCUT2D eigenvalue weighted by Gasteiger charge is -2.40. The normalized spacial score (nSPS) is 17.2. The fourth-order valence-electron chi connectivity index (χ4n) is 4.52. The fraction of sp³-hybridized carbons (Fsp3) is 0.296. The summed E-state index contributed by atoms with van der Waals surface area (Å²) in [7, 11) is 1.59. The molecule has 1 fully saturated rings. The molecule has 0 aromatic heterocycles. The van der Waals surface area contributed by atoms with E-state index in [1.54, 1.807) is 13.2 Å². The average Bonchev–Trinajstić information content (AvgIpc) is 2.86. The van der Waals surface area contributed by atoms with Gasteiger partial charge in [0.1, 0.15) is 12.6 Å². The van der Waals surface area contributed by atoms with Gasteiger partial charge in [-0.25, -0.2) is 0 Å². The zero-order chi connectivity index (χ0) is 24.1. The van der Waals surface area contributed by atoms with Gasteiger partial charge in [-0.3, -0.25) is 9.69 Å². The van der Waals surface area contributed by atoms with Crippen molar-refractivity contribution in [2.75, 3.05) is 13.7 Å². The number of methoxy groups -OCH3 is 1. The van der Waals surface area contributed by atoms with Crippen LogP contribution in [-0.4, -0.2) is 35.7 Å². The SMILES string of the molecule is COc1cc(C(c2cccc(Cl)c2Cl)N2CCCCC2C(=O)O)ccc1OCc1ccccc1. The van der Waals surface area contributed by atoms with E-state index in [-0.39, 0.29) is 0 Å². The maximum absolute atomic E-state index is 12.1. The minimum absolute atomic E-state index is 0.398. The predicted molar refractivity (Wildman–Crippen MR) is 134 cm³/mol. The Balaban J connectivity index is 1.73. The van der Waals surface area contributed by atoms with Gasteiger partial charge in [-0.15, -0.1) is 0 Å².